The van der Waals surface area contributed by atoms with Crippen molar-refractivity contribution >= 4 is 29.4 Å². The molecule has 3 aromatic rings. The molecule has 0 aliphatic carbocycles. The highest BCUT2D eigenvalue weighted by molar-refractivity contribution is 6.35. The minimum absolute atomic E-state index is 0.0310. The van der Waals surface area contributed by atoms with Crippen molar-refractivity contribution in [3.8, 4) is 11.1 Å². The molecule has 0 bridgehead atoms. The molecule has 0 saturated carbocycles. The van der Waals surface area contributed by atoms with E-state index in [-0.39, 0.29) is 27.9 Å². The fourth-order valence-electron chi connectivity index (χ4n) is 3.31. The van der Waals surface area contributed by atoms with Crippen molar-refractivity contribution in [1.29, 1.82) is 0 Å². The monoisotopic (exact) mass is 387 g/mol. The van der Waals surface area contributed by atoms with Crippen LogP contribution in [0.25, 0.3) is 11.1 Å². The molecule has 3 aromatic carbocycles. The number of hydrogen-bond donors (Lipinski definition) is 2. The summed E-state index contributed by atoms with van der Waals surface area (Å²) in [4.78, 5) is 49.4. The fraction of sp³-hybridized carbons (Fsp3) is 0. The van der Waals surface area contributed by atoms with Gasteiger partial charge in [0.15, 0.2) is 0 Å². The molecular formula is C22H13NO6. The van der Waals surface area contributed by atoms with E-state index in [0.717, 1.165) is 16.5 Å². The van der Waals surface area contributed by atoms with Crippen LogP contribution >= 0.6 is 0 Å². The van der Waals surface area contributed by atoms with Crippen molar-refractivity contribution in [1.82, 2.24) is 0 Å². The molecule has 0 spiro atoms. The molecule has 0 aromatic heterocycles. The Hall–Kier alpha value is -4.26. The maximum atomic E-state index is 12.8. The number of carboxylic acids is 2. The van der Waals surface area contributed by atoms with Crippen molar-refractivity contribution < 1.29 is 29.4 Å². The molecular weight excluding hydrogens is 374 g/mol. The van der Waals surface area contributed by atoms with Crippen molar-refractivity contribution in [2.45, 2.75) is 0 Å². The molecule has 29 heavy (non-hydrogen) atoms. The molecule has 0 atom stereocenters. The number of carbonyl (C=O) groups excluding carboxylic acids is 2. The van der Waals surface area contributed by atoms with Gasteiger partial charge in [-0.25, -0.2) is 14.5 Å². The topological polar surface area (TPSA) is 112 Å². The van der Waals surface area contributed by atoms with Gasteiger partial charge in [-0.2, -0.15) is 0 Å². The first-order valence-electron chi connectivity index (χ1n) is 8.57. The first-order chi connectivity index (χ1) is 13.9. The molecule has 142 valence electrons. The molecule has 0 radical (unpaired) electrons. The van der Waals surface area contributed by atoms with Crippen LogP contribution in [0.15, 0.2) is 66.7 Å². The standard InChI is InChI=1S/C22H13NO6/c24-19-15-8-6-14(21(26)27)11-16(15)20(25)23(19)18-9-7-13(10-17(18)22(28)29)12-4-2-1-3-5-12/h1-11H,(H,26,27)(H,28,29). The van der Waals surface area contributed by atoms with Gasteiger partial charge < -0.3 is 10.2 Å². The zero-order chi connectivity index (χ0) is 20.7. The second-order valence-electron chi connectivity index (χ2n) is 6.41. The summed E-state index contributed by atoms with van der Waals surface area (Å²) in [6, 6.07) is 17.1. The summed E-state index contributed by atoms with van der Waals surface area (Å²) in [5.41, 5.74) is 0.956. The van der Waals surface area contributed by atoms with Gasteiger partial charge in [0.1, 0.15) is 0 Å². The van der Waals surface area contributed by atoms with Crippen LogP contribution in [0.2, 0.25) is 0 Å². The third-order valence-corrected chi connectivity index (χ3v) is 4.71. The van der Waals surface area contributed by atoms with Crippen LogP contribution < -0.4 is 4.90 Å². The maximum absolute atomic E-state index is 12.8. The Labute approximate surface area is 164 Å². The van der Waals surface area contributed by atoms with Gasteiger partial charge in [-0.1, -0.05) is 36.4 Å². The molecule has 0 saturated heterocycles. The number of imide groups is 1. The molecule has 1 aliphatic heterocycles. The lowest BCUT2D eigenvalue weighted by atomic mass is 10.0. The number of nitrogens with zero attached hydrogens (tertiary/aromatic N) is 1. The SMILES string of the molecule is O=C(O)c1ccc2c(c1)C(=O)N(c1ccc(-c3ccccc3)cc1C(=O)O)C2=O. The van der Waals surface area contributed by atoms with Crippen LogP contribution in [0.4, 0.5) is 5.69 Å². The van der Waals surface area contributed by atoms with E-state index in [9.17, 15) is 24.3 Å². The third-order valence-electron chi connectivity index (χ3n) is 4.71. The molecule has 1 aliphatic rings. The Balaban J connectivity index is 1.82. The Morgan fingerprint density at radius 3 is 2.03 bits per heavy atom. The molecule has 0 unspecified atom stereocenters. The summed E-state index contributed by atoms with van der Waals surface area (Å²) in [5, 5.41) is 18.8. The number of amides is 2. The number of aromatic carboxylic acids is 2. The number of hydrogen-bond acceptors (Lipinski definition) is 4. The largest absolute Gasteiger partial charge is 0.478 e. The average Bonchev–Trinajstić information content (AvgIpc) is 2.98. The highest BCUT2D eigenvalue weighted by Crippen LogP contribution is 2.34. The van der Waals surface area contributed by atoms with E-state index in [2.05, 4.69) is 0 Å². The van der Waals surface area contributed by atoms with E-state index in [0.29, 0.717) is 5.56 Å². The van der Waals surface area contributed by atoms with Crippen LogP contribution in [-0.2, 0) is 0 Å². The summed E-state index contributed by atoms with van der Waals surface area (Å²) < 4.78 is 0. The second kappa shape index (κ2) is 6.72. The average molecular weight is 387 g/mol. The van der Waals surface area contributed by atoms with Gasteiger partial charge in [0.25, 0.3) is 11.8 Å². The predicted molar refractivity (Wildman–Crippen MR) is 103 cm³/mol. The Morgan fingerprint density at radius 2 is 1.38 bits per heavy atom. The fourth-order valence-corrected chi connectivity index (χ4v) is 3.31. The minimum atomic E-state index is -1.29. The zero-order valence-corrected chi connectivity index (χ0v) is 14.8. The van der Waals surface area contributed by atoms with Gasteiger partial charge in [-0.15, -0.1) is 0 Å². The smallest absolute Gasteiger partial charge is 0.337 e. The van der Waals surface area contributed by atoms with Crippen molar-refractivity contribution in [3.63, 3.8) is 0 Å². The number of carboxylic acid groups (broad SMARTS) is 2. The number of anilines is 1. The first kappa shape index (κ1) is 18.1. The van der Waals surface area contributed by atoms with Gasteiger partial charge >= 0.3 is 11.9 Å². The van der Waals surface area contributed by atoms with Crippen molar-refractivity contribution in [2.24, 2.45) is 0 Å². The van der Waals surface area contributed by atoms with Gasteiger partial charge in [-0.05, 0) is 41.5 Å². The number of fused-ring (bicyclic) bond motifs is 1. The first-order valence-corrected chi connectivity index (χ1v) is 8.57. The maximum Gasteiger partial charge on any atom is 0.337 e. The van der Waals surface area contributed by atoms with Gasteiger partial charge in [-0.3, -0.25) is 9.59 Å². The minimum Gasteiger partial charge on any atom is -0.478 e. The normalized spacial score (nSPS) is 12.8. The highest BCUT2D eigenvalue weighted by atomic mass is 16.4. The van der Waals surface area contributed by atoms with E-state index in [1.807, 2.05) is 30.3 Å². The van der Waals surface area contributed by atoms with Crippen molar-refractivity contribution in [3.05, 3.63) is 89.0 Å². The quantitative estimate of drug-likeness (QED) is 0.662. The number of carbonyl (C=O) groups is 4. The highest BCUT2D eigenvalue weighted by Gasteiger charge is 2.39. The van der Waals surface area contributed by atoms with Gasteiger partial charge in [0.2, 0.25) is 0 Å². The molecule has 1 heterocycles. The van der Waals surface area contributed by atoms with Gasteiger partial charge in [0, 0.05) is 0 Å². The van der Waals surface area contributed by atoms with E-state index in [1.54, 1.807) is 6.07 Å². The summed E-state index contributed by atoms with van der Waals surface area (Å²) in [7, 11) is 0. The Bertz CT molecular complexity index is 1200. The Kier molecular flexibility index (Phi) is 4.20. The third kappa shape index (κ3) is 2.94. The molecule has 4 rings (SSSR count). The van der Waals surface area contributed by atoms with Gasteiger partial charge in [0.05, 0.1) is 27.9 Å². The molecule has 7 nitrogen and oxygen atoms in total. The van der Waals surface area contributed by atoms with Crippen LogP contribution in [0.1, 0.15) is 41.4 Å². The summed E-state index contributed by atoms with van der Waals surface area (Å²) >= 11 is 0. The summed E-state index contributed by atoms with van der Waals surface area (Å²) in [6.07, 6.45) is 0. The van der Waals surface area contributed by atoms with E-state index in [1.165, 1.54) is 24.3 Å². The van der Waals surface area contributed by atoms with Crippen LogP contribution in [0.3, 0.4) is 0 Å². The van der Waals surface area contributed by atoms with Crippen LogP contribution in [-0.4, -0.2) is 34.0 Å². The molecule has 2 N–H and O–H groups in total. The number of benzene rings is 3. The zero-order valence-electron chi connectivity index (χ0n) is 14.8. The predicted octanol–water partition coefficient (Wildman–Crippen LogP) is 3.55. The molecule has 2 amide bonds. The summed E-state index contributed by atoms with van der Waals surface area (Å²) in [5.74, 6) is -3.98. The Morgan fingerprint density at radius 1 is 0.690 bits per heavy atom. The summed E-state index contributed by atoms with van der Waals surface area (Å²) in [6.45, 7) is 0. The second-order valence-corrected chi connectivity index (χ2v) is 6.41. The molecule has 7 heteroatoms. The lowest BCUT2D eigenvalue weighted by Crippen LogP contribution is -2.31. The lowest BCUT2D eigenvalue weighted by Gasteiger charge is -2.17. The number of rotatable bonds is 4. The van der Waals surface area contributed by atoms with E-state index < -0.39 is 23.8 Å². The van der Waals surface area contributed by atoms with Crippen LogP contribution in [0, 0.1) is 0 Å². The lowest BCUT2D eigenvalue weighted by molar-refractivity contribution is 0.0686. The van der Waals surface area contributed by atoms with Crippen LogP contribution in [0.5, 0.6) is 0 Å². The van der Waals surface area contributed by atoms with Crippen molar-refractivity contribution in [2.75, 3.05) is 4.90 Å². The molecule has 0 fully saturated rings. The van der Waals surface area contributed by atoms with E-state index in [4.69, 9.17) is 5.11 Å². The van der Waals surface area contributed by atoms with E-state index >= 15 is 0 Å².